The molecule has 0 bridgehead atoms. The van der Waals surface area contributed by atoms with Gasteiger partial charge in [0.2, 0.25) is 11.8 Å². The number of nitrogens with one attached hydrogen (secondary N) is 2. The van der Waals surface area contributed by atoms with Gasteiger partial charge in [0.25, 0.3) is 5.91 Å². The van der Waals surface area contributed by atoms with E-state index >= 15 is 0 Å². The lowest BCUT2D eigenvalue weighted by molar-refractivity contribution is -0.138. The van der Waals surface area contributed by atoms with E-state index < -0.39 is 0 Å². The molecule has 0 aromatic heterocycles. The van der Waals surface area contributed by atoms with Gasteiger partial charge in [-0.1, -0.05) is 31.5 Å². The second kappa shape index (κ2) is 10.7. The predicted octanol–water partition coefficient (Wildman–Crippen LogP) is 2.35. The number of nitrogens with zero attached hydrogens (tertiary/aromatic N) is 1. The Morgan fingerprint density at radius 2 is 1.81 bits per heavy atom. The topological polar surface area (TPSA) is 78.5 Å². The van der Waals surface area contributed by atoms with Gasteiger partial charge in [0, 0.05) is 37.7 Å². The molecule has 2 atom stereocenters. The Balaban J connectivity index is 1.79. The molecule has 1 fully saturated rings. The second-order valence-corrected chi connectivity index (χ2v) is 7.19. The minimum absolute atomic E-state index is 0.0121. The number of hydrogen-bond acceptors (Lipinski definition) is 3. The number of benzene rings is 1. The van der Waals surface area contributed by atoms with Crippen LogP contribution in [0.15, 0.2) is 30.3 Å². The van der Waals surface area contributed by atoms with Gasteiger partial charge >= 0.3 is 0 Å². The van der Waals surface area contributed by atoms with Gasteiger partial charge in [0.1, 0.15) is 0 Å². The van der Waals surface area contributed by atoms with E-state index in [2.05, 4.69) is 17.6 Å². The van der Waals surface area contributed by atoms with Gasteiger partial charge in [-0.2, -0.15) is 0 Å². The smallest absolute Gasteiger partial charge is 0.251 e. The average molecular weight is 373 g/mol. The molecule has 1 saturated heterocycles. The maximum absolute atomic E-state index is 12.6. The van der Waals surface area contributed by atoms with E-state index in [9.17, 15) is 14.4 Å². The lowest BCUT2D eigenvalue weighted by atomic mass is 9.92. The molecule has 2 unspecified atom stereocenters. The molecule has 0 saturated carbocycles. The number of hydrogen-bond donors (Lipinski definition) is 2. The van der Waals surface area contributed by atoms with E-state index in [4.69, 9.17) is 0 Å². The van der Waals surface area contributed by atoms with Crippen molar-refractivity contribution in [3.05, 3.63) is 35.9 Å². The van der Waals surface area contributed by atoms with Crippen molar-refractivity contribution in [1.82, 2.24) is 15.5 Å². The van der Waals surface area contributed by atoms with Crippen LogP contribution in [0, 0.1) is 5.92 Å². The standard InChI is InChI=1S/C21H31N3O3/c1-3-4-13-22-21(27)18-11-10-16(2)24(15-18)19(25)12-14-23-20(26)17-8-6-5-7-9-17/h5-9,16,18H,3-4,10-15H2,1-2H3,(H,22,27)(H,23,26). The fraction of sp³-hybridized carbons (Fsp3) is 0.571. The summed E-state index contributed by atoms with van der Waals surface area (Å²) >= 11 is 0. The Labute approximate surface area is 161 Å². The fourth-order valence-corrected chi connectivity index (χ4v) is 3.32. The van der Waals surface area contributed by atoms with Crippen LogP contribution in [0.3, 0.4) is 0 Å². The molecule has 2 N–H and O–H groups in total. The van der Waals surface area contributed by atoms with Crippen molar-refractivity contribution >= 4 is 17.7 Å². The molecule has 1 aromatic carbocycles. The van der Waals surface area contributed by atoms with Crippen LogP contribution in [0.5, 0.6) is 0 Å². The Morgan fingerprint density at radius 3 is 2.52 bits per heavy atom. The molecule has 6 nitrogen and oxygen atoms in total. The predicted molar refractivity (Wildman–Crippen MR) is 105 cm³/mol. The van der Waals surface area contributed by atoms with Gasteiger partial charge in [-0.05, 0) is 38.3 Å². The number of amides is 3. The largest absolute Gasteiger partial charge is 0.356 e. The first kappa shape index (κ1) is 20.9. The highest BCUT2D eigenvalue weighted by Crippen LogP contribution is 2.22. The number of unbranched alkanes of at least 4 members (excludes halogenated alkanes) is 1. The molecule has 27 heavy (non-hydrogen) atoms. The highest BCUT2D eigenvalue weighted by Gasteiger charge is 2.32. The molecule has 1 aliphatic heterocycles. The Morgan fingerprint density at radius 1 is 1.07 bits per heavy atom. The van der Waals surface area contributed by atoms with Gasteiger partial charge in [0.15, 0.2) is 0 Å². The van der Waals surface area contributed by atoms with Crippen molar-refractivity contribution < 1.29 is 14.4 Å². The first-order valence-corrected chi connectivity index (χ1v) is 9.93. The van der Waals surface area contributed by atoms with Crippen LogP contribution in [0.1, 0.15) is 56.3 Å². The van der Waals surface area contributed by atoms with Crippen molar-refractivity contribution in [2.75, 3.05) is 19.6 Å². The minimum atomic E-state index is -0.178. The summed E-state index contributed by atoms with van der Waals surface area (Å²) in [5.74, 6) is -0.281. The summed E-state index contributed by atoms with van der Waals surface area (Å²) in [7, 11) is 0. The molecule has 1 heterocycles. The van der Waals surface area contributed by atoms with E-state index in [1.165, 1.54) is 0 Å². The van der Waals surface area contributed by atoms with Crippen LogP contribution in [0.4, 0.5) is 0 Å². The zero-order valence-electron chi connectivity index (χ0n) is 16.4. The van der Waals surface area contributed by atoms with Crippen molar-refractivity contribution in [2.24, 2.45) is 5.92 Å². The third kappa shape index (κ3) is 6.38. The quantitative estimate of drug-likeness (QED) is 0.687. The zero-order chi connectivity index (χ0) is 19.6. The Bertz CT molecular complexity index is 633. The second-order valence-electron chi connectivity index (χ2n) is 7.19. The number of rotatable bonds is 8. The van der Waals surface area contributed by atoms with Crippen molar-refractivity contribution in [3.8, 4) is 0 Å². The molecule has 2 rings (SSSR count). The maximum Gasteiger partial charge on any atom is 0.251 e. The molecular formula is C21H31N3O3. The minimum Gasteiger partial charge on any atom is -0.356 e. The molecule has 1 aromatic rings. The average Bonchev–Trinajstić information content (AvgIpc) is 2.68. The van der Waals surface area contributed by atoms with E-state index in [0.717, 1.165) is 25.7 Å². The third-order valence-electron chi connectivity index (χ3n) is 5.06. The Kier molecular flexibility index (Phi) is 8.30. The number of carbonyl (C=O) groups is 3. The van der Waals surface area contributed by atoms with Crippen LogP contribution in [-0.4, -0.2) is 48.3 Å². The Hall–Kier alpha value is -2.37. The van der Waals surface area contributed by atoms with E-state index in [1.807, 2.05) is 13.0 Å². The molecule has 0 aliphatic carbocycles. The van der Waals surface area contributed by atoms with Crippen LogP contribution >= 0.6 is 0 Å². The molecule has 6 heteroatoms. The van der Waals surface area contributed by atoms with Crippen molar-refractivity contribution in [3.63, 3.8) is 0 Å². The molecule has 3 amide bonds. The summed E-state index contributed by atoms with van der Waals surface area (Å²) in [6.07, 6.45) is 3.90. The monoisotopic (exact) mass is 373 g/mol. The molecule has 0 radical (unpaired) electrons. The van der Waals surface area contributed by atoms with Gasteiger partial charge < -0.3 is 15.5 Å². The van der Waals surface area contributed by atoms with Gasteiger partial charge in [0.05, 0.1) is 5.92 Å². The zero-order valence-corrected chi connectivity index (χ0v) is 16.4. The van der Waals surface area contributed by atoms with Gasteiger partial charge in [-0.3, -0.25) is 14.4 Å². The number of piperidine rings is 1. The highest BCUT2D eigenvalue weighted by atomic mass is 16.2. The van der Waals surface area contributed by atoms with Crippen LogP contribution in [-0.2, 0) is 9.59 Å². The highest BCUT2D eigenvalue weighted by molar-refractivity contribution is 5.94. The fourth-order valence-electron chi connectivity index (χ4n) is 3.32. The van der Waals surface area contributed by atoms with Crippen molar-refractivity contribution in [2.45, 2.75) is 52.0 Å². The van der Waals surface area contributed by atoms with E-state index in [1.54, 1.807) is 29.2 Å². The van der Waals surface area contributed by atoms with Gasteiger partial charge in [-0.15, -0.1) is 0 Å². The first-order valence-electron chi connectivity index (χ1n) is 9.93. The lowest BCUT2D eigenvalue weighted by Crippen LogP contribution is -2.50. The summed E-state index contributed by atoms with van der Waals surface area (Å²) in [5, 5.41) is 5.76. The molecule has 148 valence electrons. The SMILES string of the molecule is CCCCNC(=O)C1CCC(C)N(C(=O)CCNC(=O)c2ccccc2)C1. The van der Waals surface area contributed by atoms with E-state index in [0.29, 0.717) is 25.2 Å². The lowest BCUT2D eigenvalue weighted by Gasteiger charge is -2.37. The van der Waals surface area contributed by atoms with Crippen molar-refractivity contribution in [1.29, 1.82) is 0 Å². The van der Waals surface area contributed by atoms with E-state index in [-0.39, 0.29) is 36.1 Å². The summed E-state index contributed by atoms with van der Waals surface area (Å²) in [6, 6.07) is 9.08. The first-order chi connectivity index (χ1) is 13.0. The maximum atomic E-state index is 12.6. The number of likely N-dealkylation sites (tertiary alicyclic amines) is 1. The molecular weight excluding hydrogens is 342 g/mol. The van der Waals surface area contributed by atoms with Crippen LogP contribution in [0.2, 0.25) is 0 Å². The third-order valence-corrected chi connectivity index (χ3v) is 5.06. The molecule has 1 aliphatic rings. The summed E-state index contributed by atoms with van der Waals surface area (Å²) in [5.41, 5.74) is 0.583. The normalized spacial score (nSPS) is 19.4. The van der Waals surface area contributed by atoms with Crippen LogP contribution in [0.25, 0.3) is 0 Å². The molecule has 0 spiro atoms. The summed E-state index contributed by atoms with van der Waals surface area (Å²) in [4.78, 5) is 38.7. The van der Waals surface area contributed by atoms with Gasteiger partial charge in [-0.25, -0.2) is 0 Å². The summed E-state index contributed by atoms with van der Waals surface area (Å²) < 4.78 is 0. The van der Waals surface area contributed by atoms with Crippen LogP contribution < -0.4 is 10.6 Å². The summed E-state index contributed by atoms with van der Waals surface area (Å²) in [6.45, 7) is 5.56. The number of carbonyl (C=O) groups excluding carboxylic acids is 3.